The van der Waals surface area contributed by atoms with Gasteiger partial charge in [0.25, 0.3) is 5.91 Å². The Balaban J connectivity index is 1.68. The second-order valence-electron chi connectivity index (χ2n) is 8.59. The number of carbonyl (C=O) groups excluding carboxylic acids is 2. The molecule has 3 rings (SSSR count). The van der Waals surface area contributed by atoms with Gasteiger partial charge in [-0.3, -0.25) is 14.6 Å². The van der Waals surface area contributed by atoms with Crippen LogP contribution in [0.15, 0.2) is 54.7 Å². The first-order chi connectivity index (χ1) is 17.6. The zero-order valence-electron chi connectivity index (χ0n) is 21.0. The maximum Gasteiger partial charge on any atom is 0.435 e. The molecule has 0 aliphatic carbocycles. The van der Waals surface area contributed by atoms with Crippen molar-refractivity contribution < 1.29 is 22.8 Å². The molecule has 2 heterocycles. The lowest BCUT2D eigenvalue weighted by Crippen LogP contribution is -2.39. The molecule has 0 aliphatic rings. The number of carbonyl (C=O) groups is 2. The van der Waals surface area contributed by atoms with Gasteiger partial charge >= 0.3 is 6.18 Å². The van der Waals surface area contributed by atoms with Crippen LogP contribution >= 0.6 is 0 Å². The first-order valence-corrected chi connectivity index (χ1v) is 12.2. The summed E-state index contributed by atoms with van der Waals surface area (Å²) in [7, 11) is 0. The van der Waals surface area contributed by atoms with E-state index in [1.165, 1.54) is 4.79 Å². The second kappa shape index (κ2) is 12.4. The minimum atomic E-state index is -4.59. The van der Waals surface area contributed by atoms with Gasteiger partial charge in [-0.05, 0) is 55.7 Å². The van der Waals surface area contributed by atoms with Gasteiger partial charge in [0.1, 0.15) is 5.82 Å². The fraction of sp³-hybridized carbons (Fsp3) is 0.385. The molecular weight excluding hydrogens is 485 g/mol. The third-order valence-corrected chi connectivity index (χ3v) is 5.70. The molecule has 0 saturated heterocycles. The normalized spacial score (nSPS) is 12.2. The van der Waals surface area contributed by atoms with E-state index in [1.807, 2.05) is 13.8 Å². The Morgan fingerprint density at radius 3 is 2.30 bits per heavy atom. The number of hydrogen-bond acceptors (Lipinski definition) is 5. The lowest BCUT2D eigenvalue weighted by molar-refractivity contribution is -0.141. The maximum atomic E-state index is 13.4. The zero-order valence-corrected chi connectivity index (χ0v) is 21.0. The third-order valence-electron chi connectivity index (χ3n) is 5.70. The standard InChI is InChI=1S/C26H31F3N6O2/c1-4-14-34(15-5-2)35-21(16-22(33-35)26(27,28)29)17-31-24(36)18(3)19-9-11-20(12-10-19)25(37)32-23-8-6-7-13-30-23/h6-13,16,18H,4-5,14-15,17H2,1-3H3,(H,31,36)(H,30,32,37). The number of nitrogens with zero attached hydrogens (tertiary/aromatic N) is 4. The molecule has 1 unspecified atom stereocenters. The molecule has 1 aromatic carbocycles. The molecule has 8 nitrogen and oxygen atoms in total. The van der Waals surface area contributed by atoms with Gasteiger partial charge < -0.3 is 10.6 Å². The van der Waals surface area contributed by atoms with Crippen LogP contribution in [0.1, 0.15) is 66.8 Å². The van der Waals surface area contributed by atoms with Crippen LogP contribution in [0.2, 0.25) is 0 Å². The monoisotopic (exact) mass is 516 g/mol. The van der Waals surface area contributed by atoms with Crippen molar-refractivity contribution in [3.05, 3.63) is 77.2 Å². The molecule has 0 saturated carbocycles. The molecule has 2 N–H and O–H groups in total. The van der Waals surface area contributed by atoms with Crippen LogP contribution in [0.5, 0.6) is 0 Å². The molecule has 2 amide bonds. The van der Waals surface area contributed by atoms with Gasteiger partial charge in [-0.25, -0.2) is 4.98 Å². The average molecular weight is 517 g/mol. The first-order valence-electron chi connectivity index (χ1n) is 12.2. The summed E-state index contributed by atoms with van der Waals surface area (Å²) < 4.78 is 40.1. The summed E-state index contributed by atoms with van der Waals surface area (Å²) in [6, 6.07) is 12.7. The number of aromatic nitrogens is 3. The van der Waals surface area contributed by atoms with Crippen molar-refractivity contribution in [1.82, 2.24) is 20.2 Å². The van der Waals surface area contributed by atoms with Crippen LogP contribution in [0.25, 0.3) is 0 Å². The molecule has 0 fully saturated rings. The number of anilines is 1. The van der Waals surface area contributed by atoms with E-state index in [2.05, 4.69) is 20.7 Å². The average Bonchev–Trinajstić information content (AvgIpc) is 3.32. The van der Waals surface area contributed by atoms with Crippen LogP contribution in [-0.2, 0) is 17.5 Å². The summed E-state index contributed by atoms with van der Waals surface area (Å²) >= 11 is 0. The van der Waals surface area contributed by atoms with E-state index in [1.54, 1.807) is 60.6 Å². The number of pyridine rings is 1. The summed E-state index contributed by atoms with van der Waals surface area (Å²) in [4.78, 5) is 30.6. The molecule has 1 atom stereocenters. The van der Waals surface area contributed by atoms with E-state index in [9.17, 15) is 22.8 Å². The van der Waals surface area contributed by atoms with Gasteiger partial charge in [0.2, 0.25) is 5.91 Å². The van der Waals surface area contributed by atoms with Gasteiger partial charge in [-0.2, -0.15) is 18.0 Å². The number of halogens is 3. The van der Waals surface area contributed by atoms with E-state index in [0.717, 1.165) is 18.9 Å². The highest BCUT2D eigenvalue weighted by Crippen LogP contribution is 2.29. The highest BCUT2D eigenvalue weighted by atomic mass is 19.4. The van der Waals surface area contributed by atoms with Crippen molar-refractivity contribution in [3.63, 3.8) is 0 Å². The molecule has 3 aromatic rings. The topological polar surface area (TPSA) is 92.2 Å². The molecular formula is C26H31F3N6O2. The van der Waals surface area contributed by atoms with Crippen molar-refractivity contribution in [2.75, 3.05) is 23.4 Å². The predicted molar refractivity (Wildman–Crippen MR) is 135 cm³/mol. The molecule has 0 aliphatic heterocycles. The lowest BCUT2D eigenvalue weighted by atomic mass is 9.99. The quantitative estimate of drug-likeness (QED) is 0.385. The van der Waals surface area contributed by atoms with Gasteiger partial charge in [0, 0.05) is 24.8 Å². The van der Waals surface area contributed by atoms with Gasteiger partial charge in [0.15, 0.2) is 5.69 Å². The number of alkyl halides is 3. The van der Waals surface area contributed by atoms with Gasteiger partial charge in [0.05, 0.1) is 18.2 Å². The number of rotatable bonds is 11. The van der Waals surface area contributed by atoms with E-state index < -0.39 is 17.8 Å². The fourth-order valence-corrected chi connectivity index (χ4v) is 3.76. The minimum absolute atomic E-state index is 0.110. The van der Waals surface area contributed by atoms with E-state index in [0.29, 0.717) is 30.0 Å². The SMILES string of the molecule is CCCN(CCC)n1nc(C(F)(F)F)cc1CNC(=O)C(C)c1ccc(C(=O)Nc2ccccn2)cc1. The number of benzene rings is 1. The molecule has 11 heteroatoms. The second-order valence-corrected chi connectivity index (χ2v) is 8.59. The molecule has 37 heavy (non-hydrogen) atoms. The predicted octanol–water partition coefficient (Wildman–Crippen LogP) is 4.73. The van der Waals surface area contributed by atoms with Crippen molar-refractivity contribution >= 4 is 17.6 Å². The van der Waals surface area contributed by atoms with Crippen molar-refractivity contribution in [2.45, 2.75) is 52.3 Å². The van der Waals surface area contributed by atoms with Crippen molar-refractivity contribution in [1.29, 1.82) is 0 Å². The summed E-state index contributed by atoms with van der Waals surface area (Å²) in [6.45, 7) is 6.52. The Kier molecular flexibility index (Phi) is 9.26. The highest BCUT2D eigenvalue weighted by Gasteiger charge is 2.35. The first kappa shape index (κ1) is 27.7. The van der Waals surface area contributed by atoms with Gasteiger partial charge in [-0.1, -0.05) is 32.0 Å². The molecule has 0 radical (unpaired) electrons. The fourth-order valence-electron chi connectivity index (χ4n) is 3.76. The van der Waals surface area contributed by atoms with Crippen LogP contribution < -0.4 is 15.6 Å². The zero-order chi connectivity index (χ0) is 27.0. The summed E-state index contributed by atoms with van der Waals surface area (Å²) in [6.07, 6.45) is -1.55. The van der Waals surface area contributed by atoms with Crippen LogP contribution in [0, 0.1) is 0 Å². The Morgan fingerprint density at radius 2 is 1.73 bits per heavy atom. The van der Waals surface area contributed by atoms with Crippen LogP contribution in [0.4, 0.5) is 19.0 Å². The van der Waals surface area contributed by atoms with E-state index >= 15 is 0 Å². The number of amides is 2. The van der Waals surface area contributed by atoms with Gasteiger partial charge in [-0.15, -0.1) is 5.10 Å². The molecule has 0 bridgehead atoms. The summed E-state index contributed by atoms with van der Waals surface area (Å²) in [5.74, 6) is -0.855. The maximum absolute atomic E-state index is 13.4. The third kappa shape index (κ3) is 7.31. The largest absolute Gasteiger partial charge is 0.435 e. The van der Waals surface area contributed by atoms with Crippen molar-refractivity contribution in [3.8, 4) is 0 Å². The molecule has 198 valence electrons. The smallest absolute Gasteiger partial charge is 0.350 e. The highest BCUT2D eigenvalue weighted by molar-refractivity contribution is 6.03. The Labute approximate surface area is 213 Å². The summed E-state index contributed by atoms with van der Waals surface area (Å²) in [5.41, 5.74) is 0.311. The Morgan fingerprint density at radius 1 is 1.05 bits per heavy atom. The minimum Gasteiger partial charge on any atom is -0.350 e. The van der Waals surface area contributed by atoms with E-state index in [4.69, 9.17) is 0 Å². The van der Waals surface area contributed by atoms with Crippen LogP contribution in [-0.4, -0.2) is 39.8 Å². The molecule has 2 aromatic heterocycles. The van der Waals surface area contributed by atoms with Crippen LogP contribution in [0.3, 0.4) is 0 Å². The Hall–Kier alpha value is -3.89. The Bertz CT molecular complexity index is 1170. The molecule has 0 spiro atoms. The lowest BCUT2D eigenvalue weighted by Gasteiger charge is -2.25. The summed E-state index contributed by atoms with van der Waals surface area (Å²) in [5, 5.41) is 10.9. The van der Waals surface area contributed by atoms with Crippen molar-refractivity contribution in [2.24, 2.45) is 0 Å². The number of hydrogen-bond donors (Lipinski definition) is 2. The van der Waals surface area contributed by atoms with E-state index in [-0.39, 0.29) is 24.1 Å². The number of nitrogens with one attached hydrogen (secondary N) is 2.